The van der Waals surface area contributed by atoms with Crippen LogP contribution in [0, 0.1) is 0 Å². The summed E-state index contributed by atoms with van der Waals surface area (Å²) in [6, 6.07) is 6.39. The number of halogens is 6. The van der Waals surface area contributed by atoms with Crippen LogP contribution in [0.25, 0.3) is 11.3 Å². The second kappa shape index (κ2) is 6.83. The fourth-order valence-electron chi connectivity index (χ4n) is 2.67. The van der Waals surface area contributed by atoms with Crippen molar-refractivity contribution in [3.8, 4) is 22.8 Å². The molecule has 3 aromatic rings. The van der Waals surface area contributed by atoms with E-state index in [4.69, 9.17) is 9.47 Å². The molecular formula is C18H10F6N2O2S. The van der Waals surface area contributed by atoms with Gasteiger partial charge in [-0.2, -0.15) is 26.3 Å². The molecule has 0 spiro atoms. The molecule has 0 fully saturated rings. The number of anilines is 2. The number of ether oxygens (including phenoxy) is 2. The normalized spacial score (nSPS) is 13.6. The molecule has 2 heterocycles. The van der Waals surface area contributed by atoms with E-state index < -0.39 is 23.5 Å². The smallest absolute Gasteiger partial charge is 0.416 e. The Kier molecular flexibility index (Phi) is 4.56. The van der Waals surface area contributed by atoms with Crippen LogP contribution in [0.3, 0.4) is 0 Å². The first-order valence-electron chi connectivity index (χ1n) is 8.02. The molecule has 0 atom stereocenters. The van der Waals surface area contributed by atoms with Crippen molar-refractivity contribution in [2.24, 2.45) is 0 Å². The van der Waals surface area contributed by atoms with Crippen molar-refractivity contribution in [1.29, 1.82) is 0 Å². The van der Waals surface area contributed by atoms with E-state index in [0.29, 0.717) is 34.9 Å². The Labute approximate surface area is 163 Å². The molecule has 1 N–H and O–H groups in total. The molecule has 0 radical (unpaired) electrons. The maximum absolute atomic E-state index is 13.0. The zero-order chi connectivity index (χ0) is 20.8. The summed E-state index contributed by atoms with van der Waals surface area (Å²) in [4.78, 5) is 4.23. The largest absolute Gasteiger partial charge is 0.454 e. The van der Waals surface area contributed by atoms with E-state index in [0.717, 1.165) is 11.3 Å². The van der Waals surface area contributed by atoms with E-state index in [-0.39, 0.29) is 23.7 Å². The van der Waals surface area contributed by atoms with Crippen molar-refractivity contribution in [1.82, 2.24) is 4.98 Å². The number of fused-ring (bicyclic) bond motifs is 1. The van der Waals surface area contributed by atoms with Crippen molar-refractivity contribution in [2.75, 3.05) is 12.1 Å². The molecule has 1 aliphatic heterocycles. The average molecular weight is 432 g/mol. The highest BCUT2D eigenvalue weighted by Gasteiger charge is 2.37. The van der Waals surface area contributed by atoms with Crippen molar-refractivity contribution >= 4 is 22.2 Å². The summed E-state index contributed by atoms with van der Waals surface area (Å²) in [5.74, 6) is 1.10. The van der Waals surface area contributed by atoms with Crippen LogP contribution < -0.4 is 14.8 Å². The monoisotopic (exact) mass is 432 g/mol. The number of nitrogens with one attached hydrogen (secondary N) is 1. The molecule has 0 aliphatic carbocycles. The van der Waals surface area contributed by atoms with Crippen LogP contribution in [-0.4, -0.2) is 11.8 Å². The number of benzene rings is 2. The molecule has 0 saturated heterocycles. The third kappa shape index (κ3) is 4.09. The first-order valence-corrected chi connectivity index (χ1v) is 8.89. The molecule has 0 unspecified atom stereocenters. The highest BCUT2D eigenvalue weighted by Crippen LogP contribution is 2.39. The summed E-state index contributed by atoms with van der Waals surface area (Å²) < 4.78 is 88.4. The predicted molar refractivity (Wildman–Crippen MR) is 93.4 cm³/mol. The quantitative estimate of drug-likeness (QED) is 0.492. The van der Waals surface area contributed by atoms with Gasteiger partial charge in [-0.05, 0) is 36.4 Å². The molecule has 1 aliphatic rings. The molecule has 2 aromatic carbocycles. The molecule has 152 valence electrons. The molecule has 4 nitrogen and oxygen atoms in total. The van der Waals surface area contributed by atoms with E-state index >= 15 is 0 Å². The lowest BCUT2D eigenvalue weighted by molar-refractivity contribution is -0.143. The molecule has 1 aromatic heterocycles. The van der Waals surface area contributed by atoms with Crippen LogP contribution in [0.5, 0.6) is 11.5 Å². The molecule has 0 amide bonds. The van der Waals surface area contributed by atoms with E-state index in [1.54, 1.807) is 23.6 Å². The number of hydrogen-bond acceptors (Lipinski definition) is 5. The van der Waals surface area contributed by atoms with Gasteiger partial charge in [0.05, 0.1) is 16.8 Å². The zero-order valence-electron chi connectivity index (χ0n) is 14.2. The molecule has 11 heteroatoms. The van der Waals surface area contributed by atoms with E-state index in [1.165, 1.54) is 0 Å². The minimum atomic E-state index is -4.92. The van der Waals surface area contributed by atoms with E-state index in [1.807, 2.05) is 0 Å². The van der Waals surface area contributed by atoms with Crippen LogP contribution >= 0.6 is 11.3 Å². The standard InChI is InChI=1S/C18H10F6N2O2S/c19-17(20,21)10-4-11(18(22,23)24)6-12(5-10)25-16-26-13(7-29-16)9-1-2-14-15(3-9)28-8-27-14/h1-7H,8H2,(H,25,26). The van der Waals surface area contributed by atoms with Gasteiger partial charge in [0.25, 0.3) is 0 Å². The molecule has 0 bridgehead atoms. The first-order chi connectivity index (χ1) is 13.6. The van der Waals surface area contributed by atoms with E-state index in [9.17, 15) is 26.3 Å². The van der Waals surface area contributed by atoms with Gasteiger partial charge in [0.2, 0.25) is 6.79 Å². The lowest BCUT2D eigenvalue weighted by atomic mass is 10.1. The summed E-state index contributed by atoms with van der Waals surface area (Å²) in [6.07, 6.45) is -9.84. The molecular weight excluding hydrogens is 422 g/mol. The van der Waals surface area contributed by atoms with Crippen molar-refractivity contribution < 1.29 is 35.8 Å². The van der Waals surface area contributed by atoms with Gasteiger partial charge in [0.1, 0.15) is 0 Å². The Balaban J connectivity index is 1.63. The second-order valence-electron chi connectivity index (χ2n) is 6.03. The highest BCUT2D eigenvalue weighted by atomic mass is 32.1. The second-order valence-corrected chi connectivity index (χ2v) is 6.88. The van der Waals surface area contributed by atoms with Crippen molar-refractivity contribution in [3.63, 3.8) is 0 Å². The van der Waals surface area contributed by atoms with Gasteiger partial charge in [-0.25, -0.2) is 4.98 Å². The number of aromatic nitrogens is 1. The Morgan fingerprint density at radius 3 is 2.17 bits per heavy atom. The number of rotatable bonds is 3. The average Bonchev–Trinajstić information content (AvgIpc) is 3.28. The Morgan fingerprint density at radius 2 is 1.52 bits per heavy atom. The predicted octanol–water partition coefficient (Wildman–Crippen LogP) is 6.32. The highest BCUT2D eigenvalue weighted by molar-refractivity contribution is 7.14. The van der Waals surface area contributed by atoms with Gasteiger partial charge >= 0.3 is 12.4 Å². The minimum Gasteiger partial charge on any atom is -0.454 e. The Morgan fingerprint density at radius 1 is 0.862 bits per heavy atom. The molecule has 4 rings (SSSR count). The van der Waals surface area contributed by atoms with Crippen LogP contribution in [-0.2, 0) is 12.4 Å². The molecule has 0 saturated carbocycles. The lowest BCUT2D eigenvalue weighted by Crippen LogP contribution is -2.11. The summed E-state index contributed by atoms with van der Waals surface area (Å²) in [7, 11) is 0. The topological polar surface area (TPSA) is 43.4 Å². The third-order valence-corrected chi connectivity index (χ3v) is 4.77. The third-order valence-electron chi connectivity index (χ3n) is 4.01. The van der Waals surface area contributed by atoms with Crippen LogP contribution in [0.4, 0.5) is 37.2 Å². The Hall–Kier alpha value is -2.95. The molecule has 29 heavy (non-hydrogen) atoms. The fraction of sp³-hybridized carbons (Fsp3) is 0.167. The van der Waals surface area contributed by atoms with Crippen LogP contribution in [0.1, 0.15) is 11.1 Å². The van der Waals surface area contributed by atoms with Gasteiger partial charge < -0.3 is 14.8 Å². The number of thiazole rings is 1. The van der Waals surface area contributed by atoms with Crippen LogP contribution in [0.15, 0.2) is 41.8 Å². The number of hydrogen-bond donors (Lipinski definition) is 1. The first kappa shape index (κ1) is 19.4. The van der Waals surface area contributed by atoms with Crippen molar-refractivity contribution in [2.45, 2.75) is 12.4 Å². The number of nitrogens with zero attached hydrogens (tertiary/aromatic N) is 1. The lowest BCUT2D eigenvalue weighted by Gasteiger charge is -2.14. The van der Waals surface area contributed by atoms with Crippen LogP contribution in [0.2, 0.25) is 0 Å². The van der Waals surface area contributed by atoms with Gasteiger partial charge in [-0.15, -0.1) is 11.3 Å². The SMILES string of the molecule is FC(F)(F)c1cc(Nc2nc(-c3ccc4c(c3)OCO4)cs2)cc(C(F)(F)F)c1. The number of alkyl halides is 6. The Bertz CT molecular complexity index is 1030. The maximum Gasteiger partial charge on any atom is 0.416 e. The van der Waals surface area contributed by atoms with Gasteiger partial charge in [0, 0.05) is 16.6 Å². The van der Waals surface area contributed by atoms with Gasteiger partial charge in [-0.1, -0.05) is 0 Å². The van der Waals surface area contributed by atoms with Crippen molar-refractivity contribution in [3.05, 3.63) is 52.9 Å². The zero-order valence-corrected chi connectivity index (χ0v) is 15.0. The summed E-state index contributed by atoms with van der Waals surface area (Å²) in [5, 5.41) is 4.29. The van der Waals surface area contributed by atoms with Gasteiger partial charge in [-0.3, -0.25) is 0 Å². The van der Waals surface area contributed by atoms with E-state index in [2.05, 4.69) is 10.3 Å². The summed E-state index contributed by atoms with van der Waals surface area (Å²) >= 11 is 1.04. The van der Waals surface area contributed by atoms with Gasteiger partial charge in [0.15, 0.2) is 16.6 Å². The summed E-state index contributed by atoms with van der Waals surface area (Å²) in [6.45, 7) is 0.0970. The fourth-order valence-corrected chi connectivity index (χ4v) is 3.41. The maximum atomic E-state index is 13.0. The summed E-state index contributed by atoms with van der Waals surface area (Å²) in [5.41, 5.74) is -2.01. The minimum absolute atomic E-state index is 0.0745.